The SMILES string of the molecule is O=C(NC1CCC(CNC(=O)c2ccccc2C2CC2)(c2ccccc2)CC1)c1ccccc1. The average Bonchev–Trinajstić information content (AvgIpc) is 3.75. The molecule has 34 heavy (non-hydrogen) atoms. The second-order valence-corrected chi connectivity index (χ2v) is 9.80. The molecule has 0 heterocycles. The molecular weight excluding hydrogens is 420 g/mol. The van der Waals surface area contributed by atoms with E-state index in [0.717, 1.165) is 31.2 Å². The van der Waals surface area contributed by atoms with Crippen LogP contribution >= 0.6 is 0 Å². The second kappa shape index (κ2) is 9.84. The average molecular weight is 453 g/mol. The van der Waals surface area contributed by atoms with Gasteiger partial charge in [0.2, 0.25) is 0 Å². The van der Waals surface area contributed by atoms with Gasteiger partial charge in [-0.05, 0) is 73.8 Å². The smallest absolute Gasteiger partial charge is 0.251 e. The Labute approximate surface area is 201 Å². The minimum absolute atomic E-state index is 0.0113. The molecular formula is C30H32N2O2. The van der Waals surface area contributed by atoms with Gasteiger partial charge in [-0.25, -0.2) is 0 Å². The maximum Gasteiger partial charge on any atom is 0.251 e. The summed E-state index contributed by atoms with van der Waals surface area (Å²) in [5, 5.41) is 6.50. The van der Waals surface area contributed by atoms with E-state index in [9.17, 15) is 9.59 Å². The minimum Gasteiger partial charge on any atom is -0.351 e. The van der Waals surface area contributed by atoms with Crippen LogP contribution in [0.1, 0.15) is 76.3 Å². The van der Waals surface area contributed by atoms with Crippen molar-refractivity contribution >= 4 is 11.8 Å². The van der Waals surface area contributed by atoms with Crippen molar-refractivity contribution in [1.29, 1.82) is 0 Å². The summed E-state index contributed by atoms with van der Waals surface area (Å²) in [6, 6.07) is 28.1. The topological polar surface area (TPSA) is 58.2 Å². The highest BCUT2D eigenvalue weighted by Gasteiger charge is 2.38. The van der Waals surface area contributed by atoms with E-state index in [2.05, 4.69) is 41.0 Å². The third-order valence-electron chi connectivity index (χ3n) is 7.51. The van der Waals surface area contributed by atoms with Crippen LogP contribution < -0.4 is 10.6 Å². The molecule has 2 aliphatic carbocycles. The van der Waals surface area contributed by atoms with E-state index in [-0.39, 0.29) is 23.3 Å². The van der Waals surface area contributed by atoms with Gasteiger partial charge in [0.15, 0.2) is 0 Å². The molecule has 4 nitrogen and oxygen atoms in total. The molecule has 0 spiro atoms. The van der Waals surface area contributed by atoms with Crippen LogP contribution in [0.2, 0.25) is 0 Å². The molecule has 0 aliphatic heterocycles. The summed E-state index contributed by atoms with van der Waals surface area (Å²) in [6.07, 6.45) is 5.97. The van der Waals surface area contributed by atoms with E-state index in [1.807, 2.05) is 54.6 Å². The van der Waals surface area contributed by atoms with Gasteiger partial charge in [0.05, 0.1) is 0 Å². The van der Waals surface area contributed by atoms with Crippen LogP contribution in [0.25, 0.3) is 0 Å². The lowest BCUT2D eigenvalue weighted by molar-refractivity contribution is 0.0910. The molecule has 2 aliphatic rings. The first kappa shape index (κ1) is 22.4. The van der Waals surface area contributed by atoms with Crippen LogP contribution in [-0.2, 0) is 5.41 Å². The van der Waals surface area contributed by atoms with Crippen LogP contribution in [0.15, 0.2) is 84.9 Å². The number of nitrogens with one attached hydrogen (secondary N) is 2. The Morgan fingerprint density at radius 2 is 1.35 bits per heavy atom. The number of amides is 2. The van der Waals surface area contributed by atoms with E-state index >= 15 is 0 Å². The van der Waals surface area contributed by atoms with Gasteiger partial charge < -0.3 is 10.6 Å². The Hall–Kier alpha value is -3.40. The molecule has 2 fully saturated rings. The Morgan fingerprint density at radius 1 is 0.735 bits per heavy atom. The van der Waals surface area contributed by atoms with Crippen molar-refractivity contribution in [1.82, 2.24) is 10.6 Å². The standard InChI is InChI=1S/C30H32N2O2/c33-28(23-9-3-1-4-10-23)32-25-17-19-30(20-18-25,24-11-5-2-6-12-24)21-31-29(34)27-14-8-7-13-26(27)22-15-16-22/h1-14,22,25H,15-21H2,(H,31,34)(H,32,33). The van der Waals surface area contributed by atoms with Crippen LogP contribution in [0, 0.1) is 0 Å². The van der Waals surface area contributed by atoms with Crippen LogP contribution in [0.3, 0.4) is 0 Å². The van der Waals surface area contributed by atoms with Crippen molar-refractivity contribution in [3.8, 4) is 0 Å². The highest BCUT2D eigenvalue weighted by atomic mass is 16.2. The summed E-state index contributed by atoms with van der Waals surface area (Å²) < 4.78 is 0. The fraction of sp³-hybridized carbons (Fsp3) is 0.333. The summed E-state index contributed by atoms with van der Waals surface area (Å²) in [6.45, 7) is 0.605. The number of carbonyl (C=O) groups excluding carboxylic acids is 2. The number of benzene rings is 3. The van der Waals surface area contributed by atoms with Gasteiger partial charge in [0, 0.05) is 29.1 Å². The predicted octanol–water partition coefficient (Wildman–Crippen LogP) is 5.60. The first-order valence-electron chi connectivity index (χ1n) is 12.4. The summed E-state index contributed by atoms with van der Waals surface area (Å²) in [4.78, 5) is 25.9. The molecule has 0 atom stereocenters. The molecule has 0 bridgehead atoms. The van der Waals surface area contributed by atoms with E-state index in [1.54, 1.807) is 0 Å². The van der Waals surface area contributed by atoms with Gasteiger partial charge in [-0.2, -0.15) is 0 Å². The van der Waals surface area contributed by atoms with Crippen LogP contribution in [0.5, 0.6) is 0 Å². The maximum atomic E-state index is 13.2. The Bertz CT molecular complexity index is 1130. The van der Waals surface area contributed by atoms with Crippen LogP contribution in [-0.4, -0.2) is 24.4 Å². The lowest BCUT2D eigenvalue weighted by Crippen LogP contribution is -2.47. The molecule has 3 aromatic carbocycles. The summed E-state index contributed by atoms with van der Waals surface area (Å²) >= 11 is 0. The number of hydrogen-bond donors (Lipinski definition) is 2. The van der Waals surface area contributed by atoms with Crippen molar-refractivity contribution in [2.75, 3.05) is 6.54 Å². The van der Waals surface area contributed by atoms with E-state index in [4.69, 9.17) is 0 Å². The summed E-state index contributed by atoms with van der Waals surface area (Å²) in [5.74, 6) is 0.550. The molecule has 0 saturated heterocycles. The van der Waals surface area contributed by atoms with Gasteiger partial charge in [0.25, 0.3) is 11.8 Å². The molecule has 2 saturated carbocycles. The van der Waals surface area contributed by atoms with Gasteiger partial charge in [-0.1, -0.05) is 66.7 Å². The normalized spacial score (nSPS) is 22.1. The lowest BCUT2D eigenvalue weighted by Gasteiger charge is -2.41. The van der Waals surface area contributed by atoms with E-state index < -0.39 is 0 Å². The zero-order valence-electron chi connectivity index (χ0n) is 19.5. The Morgan fingerprint density at radius 3 is 2.03 bits per heavy atom. The molecule has 0 unspecified atom stereocenters. The van der Waals surface area contributed by atoms with Gasteiger partial charge in [0.1, 0.15) is 0 Å². The summed E-state index contributed by atoms with van der Waals surface area (Å²) in [7, 11) is 0. The zero-order chi connectivity index (χ0) is 23.4. The van der Waals surface area contributed by atoms with Gasteiger partial charge in [-0.15, -0.1) is 0 Å². The highest BCUT2D eigenvalue weighted by molar-refractivity contribution is 5.96. The molecule has 0 aromatic heterocycles. The predicted molar refractivity (Wildman–Crippen MR) is 135 cm³/mol. The Balaban J connectivity index is 1.28. The molecule has 2 amide bonds. The first-order valence-corrected chi connectivity index (χ1v) is 12.4. The third kappa shape index (κ3) is 4.91. The third-order valence-corrected chi connectivity index (χ3v) is 7.51. The zero-order valence-corrected chi connectivity index (χ0v) is 19.5. The molecule has 0 radical (unpaired) electrons. The quantitative estimate of drug-likeness (QED) is 0.490. The van der Waals surface area contributed by atoms with Gasteiger partial charge >= 0.3 is 0 Å². The molecule has 3 aromatic rings. The molecule has 5 rings (SSSR count). The van der Waals surface area contributed by atoms with Crippen molar-refractivity contribution in [2.24, 2.45) is 0 Å². The first-order chi connectivity index (χ1) is 16.6. The highest BCUT2D eigenvalue weighted by Crippen LogP contribution is 2.42. The number of hydrogen-bond acceptors (Lipinski definition) is 2. The van der Waals surface area contributed by atoms with Crippen molar-refractivity contribution in [3.05, 3.63) is 107 Å². The van der Waals surface area contributed by atoms with E-state index in [0.29, 0.717) is 18.0 Å². The van der Waals surface area contributed by atoms with Crippen molar-refractivity contribution in [2.45, 2.75) is 55.9 Å². The fourth-order valence-electron chi connectivity index (χ4n) is 5.33. The number of carbonyl (C=O) groups is 2. The van der Waals surface area contributed by atoms with Gasteiger partial charge in [-0.3, -0.25) is 9.59 Å². The molecule has 2 N–H and O–H groups in total. The second-order valence-electron chi connectivity index (χ2n) is 9.80. The lowest BCUT2D eigenvalue weighted by atomic mass is 9.68. The molecule has 4 heteroatoms. The largest absolute Gasteiger partial charge is 0.351 e. The minimum atomic E-state index is -0.126. The fourth-order valence-corrected chi connectivity index (χ4v) is 5.33. The maximum absolute atomic E-state index is 13.2. The van der Waals surface area contributed by atoms with Crippen molar-refractivity contribution in [3.63, 3.8) is 0 Å². The van der Waals surface area contributed by atoms with E-state index in [1.165, 1.54) is 24.0 Å². The Kier molecular flexibility index (Phi) is 6.48. The molecule has 174 valence electrons. The summed E-state index contributed by atoms with van der Waals surface area (Å²) in [5.41, 5.74) is 3.83. The van der Waals surface area contributed by atoms with Crippen molar-refractivity contribution < 1.29 is 9.59 Å². The monoisotopic (exact) mass is 452 g/mol. The van der Waals surface area contributed by atoms with Crippen LogP contribution in [0.4, 0.5) is 0 Å². The number of rotatable bonds is 7.